The summed E-state index contributed by atoms with van der Waals surface area (Å²) < 4.78 is 12.9. The minimum atomic E-state index is -0.223. The number of hydrogen-bond acceptors (Lipinski definition) is 2. The van der Waals surface area contributed by atoms with Crippen molar-refractivity contribution < 1.29 is 9.18 Å². The molecule has 0 amide bonds. The monoisotopic (exact) mass is 191 g/mol. The summed E-state index contributed by atoms with van der Waals surface area (Å²) in [5, 5.41) is 0. The molecule has 0 saturated heterocycles. The van der Waals surface area contributed by atoms with Crippen molar-refractivity contribution in [3.63, 3.8) is 0 Å². The molecule has 1 aliphatic rings. The first-order valence-electron chi connectivity index (χ1n) is 4.64. The number of aryl methyl sites for hydroxylation is 1. The number of nitrogens with zero attached hydrogens (tertiary/aromatic N) is 1. The second-order valence-electron chi connectivity index (χ2n) is 3.53. The van der Waals surface area contributed by atoms with Crippen LogP contribution in [-0.2, 0) is 17.6 Å². The van der Waals surface area contributed by atoms with E-state index in [0.29, 0.717) is 6.42 Å². The molecule has 0 radical (unpaired) electrons. The number of hydrogen-bond donors (Lipinski definition) is 0. The zero-order chi connectivity index (χ0) is 9.97. The van der Waals surface area contributed by atoms with Crippen molar-refractivity contribution in [3.05, 3.63) is 35.1 Å². The molecule has 1 unspecified atom stereocenters. The zero-order valence-electron chi connectivity index (χ0n) is 7.66. The molecule has 2 rings (SSSR count). The normalized spacial score (nSPS) is 19.6. The second-order valence-corrected chi connectivity index (χ2v) is 3.53. The molecule has 3 heteroatoms. The van der Waals surface area contributed by atoms with Gasteiger partial charge in [-0.1, -0.05) is 6.07 Å². The number of benzene rings is 1. The number of carbonyl (C=O) groups excluding carboxylic acids is 1. The SMILES string of the molecule is O=C=NC1CCc2ccc(F)cc2C1. The Morgan fingerprint density at radius 2 is 2.29 bits per heavy atom. The Kier molecular flexibility index (Phi) is 2.42. The predicted molar refractivity (Wildman–Crippen MR) is 50.3 cm³/mol. The van der Waals surface area contributed by atoms with Gasteiger partial charge in [-0.3, -0.25) is 0 Å². The minimum absolute atomic E-state index is 0.0122. The molecule has 0 bridgehead atoms. The fraction of sp³-hybridized carbons (Fsp3) is 0.364. The van der Waals surface area contributed by atoms with Crippen LogP contribution in [0.1, 0.15) is 17.5 Å². The Balaban J connectivity index is 2.28. The number of aliphatic imine (C=N–C) groups is 1. The molecular formula is C11H10FNO. The van der Waals surface area contributed by atoms with E-state index < -0.39 is 0 Å². The molecule has 0 spiro atoms. The Morgan fingerprint density at radius 1 is 1.43 bits per heavy atom. The number of rotatable bonds is 1. The first-order chi connectivity index (χ1) is 6.79. The third-order valence-electron chi connectivity index (χ3n) is 2.61. The van der Waals surface area contributed by atoms with Crippen molar-refractivity contribution in [2.24, 2.45) is 4.99 Å². The van der Waals surface area contributed by atoms with Crippen molar-refractivity contribution in [3.8, 4) is 0 Å². The van der Waals surface area contributed by atoms with Crippen LogP contribution in [0.4, 0.5) is 4.39 Å². The molecule has 0 fully saturated rings. The maximum atomic E-state index is 12.9. The van der Waals surface area contributed by atoms with Crippen LogP contribution in [0.3, 0.4) is 0 Å². The van der Waals surface area contributed by atoms with Gasteiger partial charge in [-0.2, -0.15) is 0 Å². The van der Waals surface area contributed by atoms with E-state index in [9.17, 15) is 9.18 Å². The molecule has 1 aromatic carbocycles. The third-order valence-corrected chi connectivity index (χ3v) is 2.61. The predicted octanol–water partition coefficient (Wildman–Crippen LogP) is 2.02. The summed E-state index contributed by atoms with van der Waals surface area (Å²) in [4.78, 5) is 13.8. The smallest absolute Gasteiger partial charge is 0.211 e. The van der Waals surface area contributed by atoms with E-state index in [1.165, 1.54) is 17.7 Å². The highest BCUT2D eigenvalue weighted by Gasteiger charge is 2.17. The van der Waals surface area contributed by atoms with Crippen LogP contribution >= 0.6 is 0 Å². The molecule has 0 aromatic heterocycles. The largest absolute Gasteiger partial charge is 0.235 e. The van der Waals surface area contributed by atoms with Gasteiger partial charge in [-0.15, -0.1) is 0 Å². The molecule has 0 aliphatic heterocycles. The molecule has 1 atom stereocenters. The molecule has 2 nitrogen and oxygen atoms in total. The van der Waals surface area contributed by atoms with Gasteiger partial charge in [0.2, 0.25) is 6.08 Å². The van der Waals surface area contributed by atoms with Crippen molar-refractivity contribution in [1.82, 2.24) is 0 Å². The van der Waals surface area contributed by atoms with Crippen LogP contribution in [0.25, 0.3) is 0 Å². The average molecular weight is 191 g/mol. The molecule has 1 aliphatic carbocycles. The van der Waals surface area contributed by atoms with Crippen LogP contribution in [0.15, 0.2) is 23.2 Å². The van der Waals surface area contributed by atoms with Gasteiger partial charge < -0.3 is 0 Å². The van der Waals surface area contributed by atoms with Crippen molar-refractivity contribution in [1.29, 1.82) is 0 Å². The molecule has 0 N–H and O–H groups in total. The highest BCUT2D eigenvalue weighted by atomic mass is 19.1. The zero-order valence-corrected chi connectivity index (χ0v) is 7.66. The number of isocyanates is 1. The minimum Gasteiger partial charge on any atom is -0.211 e. The third kappa shape index (κ3) is 1.73. The lowest BCUT2D eigenvalue weighted by atomic mass is 9.88. The molecular weight excluding hydrogens is 181 g/mol. The number of fused-ring (bicyclic) bond motifs is 1. The van der Waals surface area contributed by atoms with Gasteiger partial charge in [0.1, 0.15) is 5.82 Å². The summed E-state index contributed by atoms with van der Waals surface area (Å²) in [7, 11) is 0. The van der Waals surface area contributed by atoms with Crippen LogP contribution in [0.2, 0.25) is 0 Å². The standard InChI is InChI=1S/C11H10FNO/c12-10-3-1-8-2-4-11(13-7-14)6-9(8)5-10/h1,3,5,11H,2,4,6H2. The van der Waals surface area contributed by atoms with Crippen LogP contribution in [0.5, 0.6) is 0 Å². The van der Waals surface area contributed by atoms with E-state index in [1.807, 2.05) is 6.07 Å². The quantitative estimate of drug-likeness (QED) is 0.493. The second kappa shape index (κ2) is 3.72. The summed E-state index contributed by atoms with van der Waals surface area (Å²) in [5.41, 5.74) is 2.14. The summed E-state index contributed by atoms with van der Waals surface area (Å²) >= 11 is 0. The lowest BCUT2D eigenvalue weighted by Gasteiger charge is -2.20. The Labute approximate surface area is 81.5 Å². The van der Waals surface area contributed by atoms with Gasteiger partial charge >= 0.3 is 0 Å². The van der Waals surface area contributed by atoms with Crippen LogP contribution < -0.4 is 0 Å². The van der Waals surface area contributed by atoms with E-state index in [0.717, 1.165) is 18.4 Å². The average Bonchev–Trinajstić information content (AvgIpc) is 2.17. The maximum Gasteiger partial charge on any atom is 0.235 e. The highest BCUT2D eigenvalue weighted by molar-refractivity contribution is 5.36. The van der Waals surface area contributed by atoms with Crippen LogP contribution in [-0.4, -0.2) is 12.1 Å². The topological polar surface area (TPSA) is 29.4 Å². The van der Waals surface area contributed by atoms with E-state index in [2.05, 4.69) is 4.99 Å². The van der Waals surface area contributed by atoms with E-state index in [4.69, 9.17) is 0 Å². The Hall–Kier alpha value is -1.47. The van der Waals surface area contributed by atoms with Gasteiger partial charge in [-0.25, -0.2) is 14.2 Å². The van der Waals surface area contributed by atoms with Gasteiger partial charge in [0.15, 0.2) is 0 Å². The Bertz CT molecular complexity index is 396. The lowest BCUT2D eigenvalue weighted by Crippen LogP contribution is -2.17. The van der Waals surface area contributed by atoms with E-state index >= 15 is 0 Å². The fourth-order valence-corrected chi connectivity index (χ4v) is 1.89. The summed E-state index contributed by atoms with van der Waals surface area (Å²) in [6.45, 7) is 0. The van der Waals surface area contributed by atoms with Gasteiger partial charge in [0, 0.05) is 0 Å². The first-order valence-corrected chi connectivity index (χ1v) is 4.64. The Morgan fingerprint density at radius 3 is 3.07 bits per heavy atom. The van der Waals surface area contributed by atoms with E-state index in [-0.39, 0.29) is 11.9 Å². The van der Waals surface area contributed by atoms with E-state index in [1.54, 1.807) is 6.08 Å². The molecule has 14 heavy (non-hydrogen) atoms. The van der Waals surface area contributed by atoms with Gasteiger partial charge in [0.05, 0.1) is 6.04 Å². The van der Waals surface area contributed by atoms with Crippen molar-refractivity contribution in [2.45, 2.75) is 25.3 Å². The fourth-order valence-electron chi connectivity index (χ4n) is 1.89. The summed E-state index contributed by atoms with van der Waals surface area (Å²) in [6.07, 6.45) is 3.94. The lowest BCUT2D eigenvalue weighted by molar-refractivity contribution is 0.536. The van der Waals surface area contributed by atoms with Crippen LogP contribution in [0, 0.1) is 5.82 Å². The van der Waals surface area contributed by atoms with Crippen molar-refractivity contribution in [2.75, 3.05) is 0 Å². The van der Waals surface area contributed by atoms with Gasteiger partial charge in [-0.05, 0) is 42.5 Å². The van der Waals surface area contributed by atoms with Gasteiger partial charge in [0.25, 0.3) is 0 Å². The molecule has 0 saturated carbocycles. The number of halogens is 1. The summed E-state index contributed by atoms with van der Waals surface area (Å²) in [5.74, 6) is -0.223. The summed E-state index contributed by atoms with van der Waals surface area (Å²) in [6, 6.07) is 4.80. The highest BCUT2D eigenvalue weighted by Crippen LogP contribution is 2.23. The molecule has 72 valence electrons. The first kappa shape index (κ1) is 9.10. The maximum absolute atomic E-state index is 12.9. The molecule has 0 heterocycles. The molecule has 1 aromatic rings. The van der Waals surface area contributed by atoms with Crippen molar-refractivity contribution >= 4 is 6.08 Å².